The maximum atomic E-state index is 12.7. The zero-order chi connectivity index (χ0) is 14.8. The maximum Gasteiger partial charge on any atom is 0.243 e. The van der Waals surface area contributed by atoms with Crippen molar-refractivity contribution in [1.29, 1.82) is 0 Å². The Bertz CT molecular complexity index is 686. The van der Waals surface area contributed by atoms with Crippen molar-refractivity contribution in [3.63, 3.8) is 0 Å². The molecule has 0 saturated heterocycles. The van der Waals surface area contributed by atoms with E-state index in [2.05, 4.69) is 9.97 Å². The average Bonchev–Trinajstić information content (AvgIpc) is 2.77. The van der Waals surface area contributed by atoms with Gasteiger partial charge >= 0.3 is 0 Å². The summed E-state index contributed by atoms with van der Waals surface area (Å²) in [7, 11) is -3.42. The zero-order valence-electron chi connectivity index (χ0n) is 12.2. The first kappa shape index (κ1) is 15.0. The summed E-state index contributed by atoms with van der Waals surface area (Å²) in [5.74, 6) is 0.786. The second-order valence-corrected chi connectivity index (χ2v) is 6.84. The molecule has 20 heavy (non-hydrogen) atoms. The number of imidazole rings is 1. The van der Waals surface area contributed by atoms with E-state index < -0.39 is 10.0 Å². The number of sulfonamides is 1. The van der Waals surface area contributed by atoms with Crippen LogP contribution >= 0.6 is 0 Å². The van der Waals surface area contributed by atoms with E-state index in [9.17, 15) is 8.42 Å². The summed E-state index contributed by atoms with van der Waals surface area (Å²) in [6.45, 7) is 6.93. The fourth-order valence-corrected chi connectivity index (χ4v) is 3.93. The fraction of sp³-hybridized carbons (Fsp3) is 0.500. The molecule has 6 heteroatoms. The largest absolute Gasteiger partial charge is 0.342 e. The summed E-state index contributed by atoms with van der Waals surface area (Å²) in [6, 6.07) is 5.06. The van der Waals surface area contributed by atoms with Crippen LogP contribution < -0.4 is 0 Å². The van der Waals surface area contributed by atoms with Crippen molar-refractivity contribution in [3.05, 3.63) is 24.0 Å². The molecule has 5 nitrogen and oxygen atoms in total. The molecule has 0 fully saturated rings. The summed E-state index contributed by atoms with van der Waals surface area (Å²) >= 11 is 0. The molecule has 0 atom stereocenters. The van der Waals surface area contributed by atoms with Gasteiger partial charge in [-0.1, -0.05) is 13.8 Å². The highest BCUT2D eigenvalue weighted by Crippen LogP contribution is 2.21. The predicted molar refractivity (Wildman–Crippen MR) is 80.2 cm³/mol. The number of hydrogen-bond acceptors (Lipinski definition) is 3. The van der Waals surface area contributed by atoms with Crippen molar-refractivity contribution in [2.75, 3.05) is 13.1 Å². The molecule has 1 aromatic carbocycles. The van der Waals surface area contributed by atoms with Gasteiger partial charge in [0.2, 0.25) is 10.0 Å². The first-order chi connectivity index (χ1) is 9.48. The Kier molecular flexibility index (Phi) is 4.45. The van der Waals surface area contributed by atoms with Gasteiger partial charge in [0.25, 0.3) is 0 Å². The van der Waals surface area contributed by atoms with Crippen molar-refractivity contribution in [2.45, 2.75) is 38.5 Å². The molecule has 0 unspecified atom stereocenters. The van der Waals surface area contributed by atoms with Gasteiger partial charge in [0, 0.05) is 13.1 Å². The lowest BCUT2D eigenvalue weighted by molar-refractivity contribution is 0.410. The molecule has 1 N–H and O–H groups in total. The highest BCUT2D eigenvalue weighted by molar-refractivity contribution is 7.89. The molecule has 0 aliphatic carbocycles. The van der Waals surface area contributed by atoms with Crippen molar-refractivity contribution >= 4 is 21.1 Å². The van der Waals surface area contributed by atoms with Crippen LogP contribution in [0.2, 0.25) is 0 Å². The fourth-order valence-electron chi connectivity index (χ4n) is 2.28. The van der Waals surface area contributed by atoms with Crippen LogP contribution in [-0.2, 0) is 10.0 Å². The predicted octanol–water partition coefficient (Wildman–Crippen LogP) is 2.68. The number of aromatic amines is 1. The van der Waals surface area contributed by atoms with Gasteiger partial charge in [0.05, 0.1) is 15.9 Å². The first-order valence-electron chi connectivity index (χ1n) is 6.95. The van der Waals surface area contributed by atoms with Crippen LogP contribution in [-0.4, -0.2) is 35.8 Å². The van der Waals surface area contributed by atoms with Gasteiger partial charge in [-0.3, -0.25) is 0 Å². The number of aromatic nitrogens is 2. The number of rotatable bonds is 6. The molecule has 0 spiro atoms. The summed E-state index contributed by atoms with van der Waals surface area (Å²) in [5, 5.41) is 0. The Morgan fingerprint density at radius 3 is 2.45 bits per heavy atom. The van der Waals surface area contributed by atoms with Gasteiger partial charge < -0.3 is 4.98 Å². The van der Waals surface area contributed by atoms with Gasteiger partial charge in [-0.15, -0.1) is 0 Å². The Balaban J connectivity index is 2.43. The quantitative estimate of drug-likeness (QED) is 0.891. The molecule has 2 aromatic rings. The Morgan fingerprint density at radius 1 is 1.20 bits per heavy atom. The molecule has 1 aromatic heterocycles. The second kappa shape index (κ2) is 5.93. The van der Waals surface area contributed by atoms with E-state index >= 15 is 0 Å². The van der Waals surface area contributed by atoms with Gasteiger partial charge in [0.1, 0.15) is 5.82 Å². The Morgan fingerprint density at radius 2 is 1.85 bits per heavy atom. The molecule has 1 heterocycles. The summed E-state index contributed by atoms with van der Waals surface area (Å²) < 4.78 is 26.9. The number of hydrogen-bond donors (Lipinski definition) is 1. The number of fused-ring (bicyclic) bond motifs is 1. The van der Waals surface area contributed by atoms with Crippen LogP contribution in [0.15, 0.2) is 23.1 Å². The SMILES string of the molecule is CCCN(CCC)S(=O)(=O)c1ccc2nc(C)[nH]c2c1. The van der Waals surface area contributed by atoms with Crippen molar-refractivity contribution in [3.8, 4) is 0 Å². The minimum absolute atomic E-state index is 0.329. The lowest BCUT2D eigenvalue weighted by Crippen LogP contribution is -2.32. The Hall–Kier alpha value is -1.40. The van der Waals surface area contributed by atoms with E-state index in [4.69, 9.17) is 0 Å². The van der Waals surface area contributed by atoms with Crippen molar-refractivity contribution < 1.29 is 8.42 Å². The average molecular weight is 295 g/mol. The molecular formula is C14H21N3O2S. The van der Waals surface area contributed by atoms with Crippen LogP contribution in [0.3, 0.4) is 0 Å². The highest BCUT2D eigenvalue weighted by Gasteiger charge is 2.23. The van der Waals surface area contributed by atoms with E-state index in [1.165, 1.54) is 0 Å². The third kappa shape index (κ3) is 2.86. The monoisotopic (exact) mass is 295 g/mol. The molecule has 2 rings (SSSR count). The first-order valence-corrected chi connectivity index (χ1v) is 8.39. The van der Waals surface area contributed by atoms with Gasteiger partial charge in [-0.25, -0.2) is 13.4 Å². The maximum absolute atomic E-state index is 12.7. The molecule has 0 radical (unpaired) electrons. The summed E-state index contributed by atoms with van der Waals surface area (Å²) in [5.41, 5.74) is 1.55. The van der Waals surface area contributed by atoms with E-state index in [1.807, 2.05) is 20.8 Å². The van der Waals surface area contributed by atoms with E-state index in [0.29, 0.717) is 18.0 Å². The molecule has 0 aliphatic rings. The molecule has 110 valence electrons. The third-order valence-electron chi connectivity index (χ3n) is 3.16. The van der Waals surface area contributed by atoms with Crippen molar-refractivity contribution in [1.82, 2.24) is 14.3 Å². The number of aryl methyl sites for hydroxylation is 1. The summed E-state index contributed by atoms with van der Waals surface area (Å²) in [6.07, 6.45) is 1.62. The van der Waals surface area contributed by atoms with Crippen LogP contribution in [0.25, 0.3) is 11.0 Å². The lowest BCUT2D eigenvalue weighted by Gasteiger charge is -2.20. The van der Waals surface area contributed by atoms with E-state index in [0.717, 1.165) is 29.7 Å². The minimum Gasteiger partial charge on any atom is -0.342 e. The zero-order valence-corrected chi connectivity index (χ0v) is 13.0. The summed E-state index contributed by atoms with van der Waals surface area (Å²) in [4.78, 5) is 7.70. The smallest absolute Gasteiger partial charge is 0.243 e. The van der Waals surface area contributed by atoms with Crippen LogP contribution in [0.5, 0.6) is 0 Å². The van der Waals surface area contributed by atoms with Crippen LogP contribution in [0.1, 0.15) is 32.5 Å². The number of H-pyrrole nitrogens is 1. The van der Waals surface area contributed by atoms with Gasteiger partial charge in [-0.2, -0.15) is 4.31 Å². The highest BCUT2D eigenvalue weighted by atomic mass is 32.2. The molecule has 0 bridgehead atoms. The molecular weight excluding hydrogens is 274 g/mol. The normalized spacial score (nSPS) is 12.4. The number of nitrogens with zero attached hydrogens (tertiary/aromatic N) is 2. The topological polar surface area (TPSA) is 66.1 Å². The van der Waals surface area contributed by atoms with Gasteiger partial charge in [0.15, 0.2) is 0 Å². The van der Waals surface area contributed by atoms with Crippen LogP contribution in [0.4, 0.5) is 0 Å². The minimum atomic E-state index is -3.42. The molecule has 0 saturated carbocycles. The van der Waals surface area contributed by atoms with E-state index in [-0.39, 0.29) is 0 Å². The Labute approximate surface area is 120 Å². The van der Waals surface area contributed by atoms with Crippen molar-refractivity contribution in [2.24, 2.45) is 0 Å². The molecule has 0 amide bonds. The standard InChI is InChI=1S/C14H21N3O2S/c1-4-8-17(9-5-2)20(18,19)12-6-7-13-14(10-12)16-11(3)15-13/h6-7,10H,4-5,8-9H2,1-3H3,(H,15,16). The number of benzene rings is 1. The lowest BCUT2D eigenvalue weighted by atomic mass is 10.3. The van der Waals surface area contributed by atoms with Gasteiger partial charge in [-0.05, 0) is 38.0 Å². The molecule has 0 aliphatic heterocycles. The number of nitrogens with one attached hydrogen (secondary N) is 1. The van der Waals surface area contributed by atoms with E-state index in [1.54, 1.807) is 22.5 Å². The third-order valence-corrected chi connectivity index (χ3v) is 5.05. The second-order valence-electron chi connectivity index (χ2n) is 4.91. The van der Waals surface area contributed by atoms with Crippen LogP contribution in [0, 0.1) is 6.92 Å².